The molecule has 5 heteroatoms. The van der Waals surface area contributed by atoms with Crippen LogP contribution in [0.3, 0.4) is 0 Å². The Morgan fingerprint density at radius 2 is 2.10 bits per heavy atom. The van der Waals surface area contributed by atoms with Gasteiger partial charge in [-0.05, 0) is 30.9 Å². The molecule has 0 spiro atoms. The molecule has 0 aliphatic heterocycles. The van der Waals surface area contributed by atoms with Gasteiger partial charge < -0.3 is 10.1 Å². The van der Waals surface area contributed by atoms with E-state index in [1.807, 2.05) is 38.1 Å². The van der Waals surface area contributed by atoms with Crippen molar-refractivity contribution in [3.63, 3.8) is 0 Å². The third-order valence-electron chi connectivity index (χ3n) is 2.98. The van der Waals surface area contributed by atoms with E-state index >= 15 is 0 Å². The van der Waals surface area contributed by atoms with E-state index < -0.39 is 5.97 Å². The van der Waals surface area contributed by atoms with Gasteiger partial charge in [-0.3, -0.25) is 4.79 Å². The molecule has 2 aromatic rings. The highest BCUT2D eigenvalue weighted by Crippen LogP contribution is 2.25. The van der Waals surface area contributed by atoms with Crippen LogP contribution < -0.4 is 5.32 Å². The smallest absolute Gasteiger partial charge is 0.348 e. The van der Waals surface area contributed by atoms with Gasteiger partial charge in [-0.1, -0.05) is 25.1 Å². The molecule has 0 bridgehead atoms. The molecule has 1 aromatic carbocycles. The Labute approximate surface area is 121 Å². The van der Waals surface area contributed by atoms with E-state index in [2.05, 4.69) is 5.32 Å². The second kappa shape index (κ2) is 6.52. The van der Waals surface area contributed by atoms with Gasteiger partial charge in [0.05, 0.1) is 0 Å². The van der Waals surface area contributed by atoms with Crippen molar-refractivity contribution in [3.8, 4) is 0 Å². The lowest BCUT2D eigenvalue weighted by atomic mass is 10.2. The van der Waals surface area contributed by atoms with Gasteiger partial charge in [0.15, 0.2) is 6.61 Å². The summed E-state index contributed by atoms with van der Waals surface area (Å²) in [7, 11) is 0. The topological polar surface area (TPSA) is 55.4 Å². The monoisotopic (exact) mass is 291 g/mol. The Kier molecular flexibility index (Phi) is 4.74. The molecule has 0 aliphatic carbocycles. The maximum Gasteiger partial charge on any atom is 0.348 e. The molecule has 1 aromatic heterocycles. The second-order valence-corrected chi connectivity index (χ2v) is 5.69. The molecule has 1 N–H and O–H groups in total. The van der Waals surface area contributed by atoms with E-state index in [0.717, 1.165) is 16.5 Å². The molecule has 4 nitrogen and oxygen atoms in total. The van der Waals surface area contributed by atoms with Crippen LogP contribution in [0.5, 0.6) is 0 Å². The largest absolute Gasteiger partial charge is 0.451 e. The number of hydrogen-bond donors (Lipinski definition) is 1. The summed E-state index contributed by atoms with van der Waals surface area (Å²) in [6.45, 7) is 3.65. The number of rotatable bonds is 5. The fourth-order valence-electron chi connectivity index (χ4n) is 1.70. The molecule has 0 radical (unpaired) electrons. The van der Waals surface area contributed by atoms with E-state index in [1.54, 1.807) is 6.07 Å². The molecule has 1 heterocycles. The SMILES string of the molecule is CC[C@H](C)NC(=O)COC(=O)c1cc2ccccc2s1. The minimum atomic E-state index is -0.453. The zero-order valence-electron chi connectivity index (χ0n) is 11.5. The summed E-state index contributed by atoms with van der Waals surface area (Å²) in [5.41, 5.74) is 0. The molecule has 0 saturated heterocycles. The van der Waals surface area contributed by atoms with Crippen molar-refractivity contribution in [1.82, 2.24) is 5.32 Å². The summed E-state index contributed by atoms with van der Waals surface area (Å²) in [4.78, 5) is 23.9. The Morgan fingerprint density at radius 1 is 1.35 bits per heavy atom. The van der Waals surface area contributed by atoms with E-state index in [9.17, 15) is 9.59 Å². The molecular weight excluding hydrogens is 274 g/mol. The highest BCUT2D eigenvalue weighted by atomic mass is 32.1. The number of amides is 1. The van der Waals surface area contributed by atoms with Crippen molar-refractivity contribution in [2.45, 2.75) is 26.3 Å². The Morgan fingerprint density at radius 3 is 2.80 bits per heavy atom. The molecule has 0 fully saturated rings. The van der Waals surface area contributed by atoms with Crippen molar-refractivity contribution in [2.24, 2.45) is 0 Å². The van der Waals surface area contributed by atoms with Gasteiger partial charge >= 0.3 is 5.97 Å². The summed E-state index contributed by atoms with van der Waals surface area (Å²) in [5, 5.41) is 3.76. The van der Waals surface area contributed by atoms with E-state index in [1.165, 1.54) is 11.3 Å². The van der Waals surface area contributed by atoms with Gasteiger partial charge in [-0.2, -0.15) is 0 Å². The lowest BCUT2D eigenvalue weighted by Gasteiger charge is -2.10. The number of carbonyl (C=O) groups is 2. The number of carbonyl (C=O) groups excluding carboxylic acids is 2. The molecule has 106 valence electrons. The molecule has 0 aliphatic rings. The first-order valence-corrected chi connectivity index (χ1v) is 7.37. The molecular formula is C15H17NO3S. The number of ether oxygens (including phenoxy) is 1. The average molecular weight is 291 g/mol. The predicted octanol–water partition coefficient (Wildman–Crippen LogP) is 2.97. The maximum atomic E-state index is 11.9. The Balaban J connectivity index is 1.93. The van der Waals surface area contributed by atoms with Gasteiger partial charge in [-0.15, -0.1) is 11.3 Å². The zero-order valence-corrected chi connectivity index (χ0v) is 12.3. The lowest BCUT2D eigenvalue weighted by molar-refractivity contribution is -0.124. The van der Waals surface area contributed by atoms with Crippen LogP contribution in [0.25, 0.3) is 10.1 Å². The number of thiophene rings is 1. The fraction of sp³-hybridized carbons (Fsp3) is 0.333. The van der Waals surface area contributed by atoms with Crippen molar-refractivity contribution >= 4 is 33.3 Å². The van der Waals surface area contributed by atoms with Gasteiger partial charge in [0.25, 0.3) is 5.91 Å². The molecule has 0 unspecified atom stereocenters. The van der Waals surface area contributed by atoms with Crippen molar-refractivity contribution < 1.29 is 14.3 Å². The van der Waals surface area contributed by atoms with E-state index in [0.29, 0.717) is 4.88 Å². The van der Waals surface area contributed by atoms with Gasteiger partial charge in [0, 0.05) is 10.7 Å². The summed E-state index contributed by atoms with van der Waals surface area (Å²) < 4.78 is 6.06. The Hall–Kier alpha value is -1.88. The van der Waals surface area contributed by atoms with Crippen LogP contribution in [-0.2, 0) is 9.53 Å². The van der Waals surface area contributed by atoms with E-state index in [4.69, 9.17) is 4.74 Å². The van der Waals surface area contributed by atoms with Crippen molar-refractivity contribution in [2.75, 3.05) is 6.61 Å². The van der Waals surface area contributed by atoms with E-state index in [-0.39, 0.29) is 18.6 Å². The van der Waals surface area contributed by atoms with Crippen molar-refractivity contribution in [3.05, 3.63) is 35.2 Å². The van der Waals surface area contributed by atoms with Crippen LogP contribution in [0.2, 0.25) is 0 Å². The van der Waals surface area contributed by atoms with Crippen LogP contribution in [0.1, 0.15) is 29.9 Å². The Bertz CT molecular complexity index is 587. The first kappa shape index (κ1) is 14.5. The number of benzene rings is 1. The maximum absolute atomic E-state index is 11.9. The highest BCUT2D eigenvalue weighted by molar-refractivity contribution is 7.20. The lowest BCUT2D eigenvalue weighted by Crippen LogP contribution is -2.35. The number of hydrogen-bond acceptors (Lipinski definition) is 4. The van der Waals surface area contributed by atoms with Gasteiger partial charge in [-0.25, -0.2) is 4.79 Å². The minimum absolute atomic E-state index is 0.0885. The van der Waals surface area contributed by atoms with Crippen molar-refractivity contribution in [1.29, 1.82) is 0 Å². The van der Waals surface area contributed by atoms with Crippen LogP contribution in [0.15, 0.2) is 30.3 Å². The van der Waals surface area contributed by atoms with Crippen LogP contribution in [-0.4, -0.2) is 24.5 Å². The first-order valence-electron chi connectivity index (χ1n) is 6.55. The average Bonchev–Trinajstić information content (AvgIpc) is 2.88. The summed E-state index contributed by atoms with van der Waals surface area (Å²) in [6.07, 6.45) is 0.843. The molecule has 0 saturated carbocycles. The quantitative estimate of drug-likeness (QED) is 0.862. The summed E-state index contributed by atoms with van der Waals surface area (Å²) in [6, 6.07) is 9.61. The standard InChI is InChI=1S/C15H17NO3S/c1-3-10(2)16-14(17)9-19-15(18)13-8-11-6-4-5-7-12(11)20-13/h4-8,10H,3,9H2,1-2H3,(H,16,17)/t10-/m0/s1. The molecule has 1 amide bonds. The third-order valence-corrected chi connectivity index (χ3v) is 4.08. The fourth-order valence-corrected chi connectivity index (χ4v) is 2.66. The van der Waals surface area contributed by atoms with Gasteiger partial charge in [0.1, 0.15) is 4.88 Å². The van der Waals surface area contributed by atoms with Crippen LogP contribution >= 0.6 is 11.3 Å². The highest BCUT2D eigenvalue weighted by Gasteiger charge is 2.14. The van der Waals surface area contributed by atoms with Crippen LogP contribution in [0.4, 0.5) is 0 Å². The summed E-state index contributed by atoms with van der Waals surface area (Å²) >= 11 is 1.37. The first-order chi connectivity index (χ1) is 9.60. The molecule has 1 atom stereocenters. The van der Waals surface area contributed by atoms with Crippen LogP contribution in [0, 0.1) is 0 Å². The zero-order chi connectivity index (χ0) is 14.5. The third kappa shape index (κ3) is 3.57. The number of esters is 1. The van der Waals surface area contributed by atoms with Gasteiger partial charge in [0.2, 0.25) is 0 Å². The molecule has 2 rings (SSSR count). The second-order valence-electron chi connectivity index (χ2n) is 4.60. The summed E-state index contributed by atoms with van der Waals surface area (Å²) in [5.74, 6) is -0.723. The molecule has 20 heavy (non-hydrogen) atoms. The predicted molar refractivity (Wildman–Crippen MR) is 80.0 cm³/mol. The number of fused-ring (bicyclic) bond motifs is 1. The normalized spacial score (nSPS) is 12.1. The minimum Gasteiger partial charge on any atom is -0.451 e. The number of nitrogens with one attached hydrogen (secondary N) is 1.